The molecular formula is C27H30ClN5OS. The molecule has 2 unspecified atom stereocenters. The number of anilines is 2. The second-order valence-corrected chi connectivity index (χ2v) is 10.4. The van der Waals surface area contributed by atoms with Gasteiger partial charge in [0.2, 0.25) is 5.91 Å². The topological polar surface area (TPSA) is 62.2 Å². The first-order valence-electron chi connectivity index (χ1n) is 12.2. The van der Waals surface area contributed by atoms with Crippen LogP contribution in [0.2, 0.25) is 5.02 Å². The smallest absolute Gasteiger partial charge is 0.226 e. The molecule has 0 radical (unpaired) electrons. The van der Waals surface area contributed by atoms with Crippen molar-refractivity contribution < 1.29 is 4.79 Å². The van der Waals surface area contributed by atoms with Crippen LogP contribution in [0.25, 0.3) is 0 Å². The fraction of sp³-hybridized carbons (Fsp3) is 0.370. The Bertz CT molecular complexity index is 1220. The molecule has 2 fully saturated rings. The first kappa shape index (κ1) is 23.8. The van der Waals surface area contributed by atoms with Crippen LogP contribution < -0.4 is 15.5 Å². The van der Waals surface area contributed by atoms with Gasteiger partial charge in [-0.25, -0.2) is 0 Å². The number of thiocarbonyl (C=S) groups is 1. The predicted octanol–water partition coefficient (Wildman–Crippen LogP) is 6.42. The molecule has 1 aliphatic heterocycles. The zero-order valence-corrected chi connectivity index (χ0v) is 21.5. The highest BCUT2D eigenvalue weighted by Crippen LogP contribution is 2.44. The summed E-state index contributed by atoms with van der Waals surface area (Å²) >= 11 is 12.5. The summed E-state index contributed by atoms with van der Waals surface area (Å²) in [6.07, 6.45) is 8.91. The van der Waals surface area contributed by atoms with E-state index in [4.69, 9.17) is 23.8 Å². The fourth-order valence-electron chi connectivity index (χ4n) is 5.14. The highest BCUT2D eigenvalue weighted by atomic mass is 35.5. The lowest BCUT2D eigenvalue weighted by molar-refractivity contribution is -0.118. The van der Waals surface area contributed by atoms with E-state index in [9.17, 15) is 4.79 Å². The van der Waals surface area contributed by atoms with Gasteiger partial charge in [-0.05, 0) is 67.5 Å². The van der Waals surface area contributed by atoms with Gasteiger partial charge in [-0.15, -0.1) is 0 Å². The van der Waals surface area contributed by atoms with Crippen LogP contribution in [0.15, 0.2) is 60.9 Å². The van der Waals surface area contributed by atoms with Crippen molar-refractivity contribution in [1.82, 2.24) is 14.9 Å². The van der Waals surface area contributed by atoms with Gasteiger partial charge in [-0.2, -0.15) is 0 Å². The summed E-state index contributed by atoms with van der Waals surface area (Å²) in [5, 5.41) is 7.53. The number of hydrogen-bond acceptors (Lipinski definition) is 3. The highest BCUT2D eigenvalue weighted by Gasteiger charge is 2.42. The second-order valence-electron chi connectivity index (χ2n) is 9.58. The molecule has 35 heavy (non-hydrogen) atoms. The van der Waals surface area contributed by atoms with E-state index >= 15 is 0 Å². The lowest BCUT2D eigenvalue weighted by atomic mass is 10.00. The van der Waals surface area contributed by atoms with Crippen molar-refractivity contribution in [3.8, 4) is 0 Å². The largest absolute Gasteiger partial charge is 0.351 e. The van der Waals surface area contributed by atoms with E-state index in [0.29, 0.717) is 21.9 Å². The number of benzene rings is 1. The molecule has 2 N–H and O–H groups in total. The molecule has 6 nitrogen and oxygen atoms in total. The van der Waals surface area contributed by atoms with Crippen LogP contribution in [0.1, 0.15) is 69.0 Å². The number of carbonyl (C=O) groups is 1. The van der Waals surface area contributed by atoms with Crippen LogP contribution in [-0.2, 0) is 4.79 Å². The number of hydrogen-bond donors (Lipinski definition) is 2. The molecule has 3 aromatic rings. The van der Waals surface area contributed by atoms with Crippen molar-refractivity contribution in [2.75, 3.05) is 10.2 Å². The molecule has 0 bridgehead atoms. The van der Waals surface area contributed by atoms with Crippen LogP contribution in [0.5, 0.6) is 0 Å². The van der Waals surface area contributed by atoms with Crippen LogP contribution in [0, 0.1) is 5.92 Å². The van der Waals surface area contributed by atoms with Gasteiger partial charge in [0.05, 0.1) is 22.4 Å². The maximum Gasteiger partial charge on any atom is 0.226 e. The lowest BCUT2D eigenvalue weighted by Gasteiger charge is -2.30. The first-order valence-corrected chi connectivity index (χ1v) is 13.0. The third-order valence-corrected chi connectivity index (χ3v) is 7.57. The molecule has 1 saturated carbocycles. The fourth-order valence-corrected chi connectivity index (χ4v) is 5.71. The Labute approximate surface area is 216 Å². The molecule has 1 aromatic carbocycles. The molecule has 1 amide bonds. The second kappa shape index (κ2) is 9.99. The van der Waals surface area contributed by atoms with Crippen molar-refractivity contribution in [1.29, 1.82) is 0 Å². The van der Waals surface area contributed by atoms with Crippen molar-refractivity contribution in [3.05, 3.63) is 77.3 Å². The lowest BCUT2D eigenvalue weighted by Crippen LogP contribution is -2.30. The van der Waals surface area contributed by atoms with Gasteiger partial charge in [0.1, 0.15) is 6.04 Å². The SMILES string of the molecule is CC(C)C(=O)Nc1ccc(N2C(=S)NC(c3ccccn3)C2c2cccn2C2CCCC2)cc1Cl. The monoisotopic (exact) mass is 507 g/mol. The Morgan fingerprint density at radius 2 is 1.97 bits per heavy atom. The van der Waals surface area contributed by atoms with Gasteiger partial charge in [0, 0.05) is 35.7 Å². The summed E-state index contributed by atoms with van der Waals surface area (Å²) in [5.41, 5.74) is 3.61. The number of halogens is 1. The van der Waals surface area contributed by atoms with E-state index < -0.39 is 0 Å². The van der Waals surface area contributed by atoms with Crippen molar-refractivity contribution >= 4 is 46.2 Å². The molecule has 2 atom stereocenters. The van der Waals surface area contributed by atoms with E-state index in [-0.39, 0.29) is 23.9 Å². The number of amides is 1. The molecule has 5 rings (SSSR count). The highest BCUT2D eigenvalue weighted by molar-refractivity contribution is 7.80. The predicted molar refractivity (Wildman–Crippen MR) is 145 cm³/mol. The maximum atomic E-state index is 12.2. The summed E-state index contributed by atoms with van der Waals surface area (Å²) in [7, 11) is 0. The maximum absolute atomic E-state index is 12.2. The van der Waals surface area contributed by atoms with Crippen LogP contribution in [-0.4, -0.2) is 20.6 Å². The Morgan fingerprint density at radius 1 is 1.17 bits per heavy atom. The first-order chi connectivity index (χ1) is 16.9. The Balaban J connectivity index is 1.56. The van der Waals surface area contributed by atoms with Crippen molar-refractivity contribution in [3.63, 3.8) is 0 Å². The zero-order valence-electron chi connectivity index (χ0n) is 19.9. The van der Waals surface area contributed by atoms with E-state index in [0.717, 1.165) is 11.4 Å². The summed E-state index contributed by atoms with van der Waals surface area (Å²) in [5.74, 6) is -0.200. The molecule has 182 valence electrons. The van der Waals surface area contributed by atoms with Gasteiger partial charge in [0.15, 0.2) is 5.11 Å². The zero-order chi connectivity index (χ0) is 24.5. The van der Waals surface area contributed by atoms with Crippen LogP contribution in [0.3, 0.4) is 0 Å². The number of aromatic nitrogens is 2. The Hall–Kier alpha value is -2.90. The summed E-state index contributed by atoms with van der Waals surface area (Å²) in [6.45, 7) is 3.71. The number of nitrogens with zero attached hydrogens (tertiary/aromatic N) is 3. The molecule has 2 aliphatic rings. The molecule has 8 heteroatoms. The quantitative estimate of drug-likeness (QED) is 0.377. The summed E-state index contributed by atoms with van der Waals surface area (Å²) in [6, 6.07) is 16.3. The van der Waals surface area contributed by atoms with Gasteiger partial charge >= 0.3 is 0 Å². The van der Waals surface area contributed by atoms with Crippen molar-refractivity contribution in [2.24, 2.45) is 5.92 Å². The van der Waals surface area contributed by atoms with E-state index in [1.54, 1.807) is 0 Å². The average Bonchev–Trinajstić information content (AvgIpc) is 3.60. The molecule has 0 spiro atoms. The Kier molecular flexibility index (Phi) is 6.80. The van der Waals surface area contributed by atoms with E-state index in [1.807, 2.05) is 56.4 Å². The third-order valence-electron chi connectivity index (χ3n) is 6.94. The minimum absolute atomic E-state index is 0.0690. The normalized spacial score (nSPS) is 20.5. The number of pyridine rings is 1. The van der Waals surface area contributed by atoms with Crippen molar-refractivity contribution in [2.45, 2.75) is 57.7 Å². The average molecular weight is 508 g/mol. The molecule has 1 saturated heterocycles. The third kappa shape index (κ3) is 4.67. The summed E-state index contributed by atoms with van der Waals surface area (Å²) < 4.78 is 2.43. The van der Waals surface area contributed by atoms with Gasteiger partial charge in [0.25, 0.3) is 0 Å². The number of nitrogens with one attached hydrogen (secondary N) is 2. The van der Waals surface area contributed by atoms with Gasteiger partial charge in [-0.3, -0.25) is 9.78 Å². The van der Waals surface area contributed by atoms with Gasteiger partial charge < -0.3 is 20.1 Å². The Morgan fingerprint density at radius 3 is 2.66 bits per heavy atom. The molecular weight excluding hydrogens is 478 g/mol. The van der Waals surface area contributed by atoms with Crippen LogP contribution >= 0.6 is 23.8 Å². The van der Waals surface area contributed by atoms with E-state index in [1.165, 1.54) is 31.4 Å². The molecule has 3 heterocycles. The molecule has 2 aromatic heterocycles. The van der Waals surface area contributed by atoms with E-state index in [2.05, 4.69) is 43.4 Å². The van der Waals surface area contributed by atoms with Gasteiger partial charge in [-0.1, -0.05) is 44.4 Å². The number of rotatable bonds is 6. The minimum atomic E-state index is -0.131. The minimum Gasteiger partial charge on any atom is -0.351 e. The standard InChI is InChI=1S/C27H30ClN5OS/c1-17(2)26(34)30-21-13-12-19(16-20(21)28)33-25(23-11-7-15-32(23)18-8-3-4-9-18)24(31-27(33)35)22-10-5-6-14-29-22/h5-7,10-18,24-25H,3-4,8-9H2,1-2H3,(H,30,34)(H,31,35). The summed E-state index contributed by atoms with van der Waals surface area (Å²) in [4.78, 5) is 19.0. The number of carbonyl (C=O) groups excluding carboxylic acids is 1. The molecule has 1 aliphatic carbocycles. The van der Waals surface area contributed by atoms with Crippen LogP contribution in [0.4, 0.5) is 11.4 Å².